The van der Waals surface area contributed by atoms with Gasteiger partial charge in [-0.05, 0) is 50.7 Å². The second-order valence-electron chi connectivity index (χ2n) is 5.78. The predicted octanol–water partition coefficient (Wildman–Crippen LogP) is 2.74. The lowest BCUT2D eigenvalue weighted by molar-refractivity contribution is 0.269. The van der Waals surface area contributed by atoms with Crippen LogP contribution < -0.4 is 5.32 Å². The highest BCUT2D eigenvalue weighted by molar-refractivity contribution is 4.73. The maximum atomic E-state index is 3.72. The van der Waals surface area contributed by atoms with Gasteiger partial charge in [0.15, 0.2) is 0 Å². The molecular formula is C14H30N2. The van der Waals surface area contributed by atoms with Gasteiger partial charge < -0.3 is 10.2 Å². The fourth-order valence-electron chi connectivity index (χ4n) is 2.67. The first kappa shape index (κ1) is 14.0. The monoisotopic (exact) mass is 226 g/mol. The molecule has 0 aromatic heterocycles. The summed E-state index contributed by atoms with van der Waals surface area (Å²) in [6.07, 6.45) is 4.06. The first-order chi connectivity index (χ1) is 7.63. The van der Waals surface area contributed by atoms with Gasteiger partial charge in [-0.25, -0.2) is 0 Å². The smallest absolute Gasteiger partial charge is 0.00875 e. The molecule has 2 heteroatoms. The van der Waals surface area contributed by atoms with Gasteiger partial charge >= 0.3 is 0 Å². The van der Waals surface area contributed by atoms with E-state index >= 15 is 0 Å². The van der Waals surface area contributed by atoms with Crippen molar-refractivity contribution in [1.29, 1.82) is 0 Å². The standard InChI is InChI=1S/C14H30N2/c1-5-14(12(2)3)15-10-13(4)11-16-8-6-7-9-16/h12-15H,5-11H2,1-4H3. The van der Waals surface area contributed by atoms with Crippen molar-refractivity contribution in [2.45, 2.75) is 53.0 Å². The summed E-state index contributed by atoms with van der Waals surface area (Å²) in [5.41, 5.74) is 0. The molecule has 1 rings (SSSR count). The van der Waals surface area contributed by atoms with Crippen LogP contribution in [0, 0.1) is 11.8 Å². The number of hydrogen-bond donors (Lipinski definition) is 1. The van der Waals surface area contributed by atoms with Crippen molar-refractivity contribution < 1.29 is 0 Å². The fourth-order valence-corrected chi connectivity index (χ4v) is 2.67. The molecule has 1 saturated heterocycles. The Labute approximate surface area is 102 Å². The summed E-state index contributed by atoms with van der Waals surface area (Å²) in [7, 11) is 0. The Morgan fingerprint density at radius 3 is 2.25 bits per heavy atom. The molecule has 0 aromatic rings. The summed E-state index contributed by atoms with van der Waals surface area (Å²) in [6.45, 7) is 14.4. The summed E-state index contributed by atoms with van der Waals surface area (Å²) in [4.78, 5) is 2.61. The van der Waals surface area contributed by atoms with Gasteiger partial charge in [-0.3, -0.25) is 0 Å². The Kier molecular flexibility index (Phi) is 6.37. The van der Waals surface area contributed by atoms with Gasteiger partial charge in [0, 0.05) is 12.6 Å². The van der Waals surface area contributed by atoms with E-state index in [0.717, 1.165) is 11.8 Å². The van der Waals surface area contributed by atoms with E-state index in [1.54, 1.807) is 0 Å². The molecule has 0 amide bonds. The molecule has 0 bridgehead atoms. The highest BCUT2D eigenvalue weighted by Crippen LogP contribution is 2.11. The van der Waals surface area contributed by atoms with Crippen LogP contribution in [0.3, 0.4) is 0 Å². The zero-order valence-corrected chi connectivity index (χ0v) is 11.6. The Morgan fingerprint density at radius 1 is 1.12 bits per heavy atom. The molecule has 1 aliphatic rings. The van der Waals surface area contributed by atoms with Crippen LogP contribution >= 0.6 is 0 Å². The van der Waals surface area contributed by atoms with E-state index in [-0.39, 0.29) is 0 Å². The molecule has 0 spiro atoms. The van der Waals surface area contributed by atoms with Gasteiger partial charge in [0.1, 0.15) is 0 Å². The highest BCUT2D eigenvalue weighted by Gasteiger charge is 2.16. The molecule has 0 saturated carbocycles. The molecule has 1 fully saturated rings. The minimum Gasteiger partial charge on any atom is -0.313 e. The number of nitrogens with one attached hydrogen (secondary N) is 1. The predicted molar refractivity (Wildman–Crippen MR) is 71.8 cm³/mol. The van der Waals surface area contributed by atoms with Crippen molar-refractivity contribution in [3.05, 3.63) is 0 Å². The lowest BCUT2D eigenvalue weighted by Gasteiger charge is -2.25. The van der Waals surface area contributed by atoms with Crippen LogP contribution in [0.5, 0.6) is 0 Å². The number of likely N-dealkylation sites (tertiary alicyclic amines) is 1. The molecule has 96 valence electrons. The van der Waals surface area contributed by atoms with Crippen molar-refractivity contribution in [2.24, 2.45) is 11.8 Å². The Balaban J connectivity index is 2.15. The molecule has 16 heavy (non-hydrogen) atoms. The van der Waals surface area contributed by atoms with E-state index in [1.165, 1.54) is 45.4 Å². The highest BCUT2D eigenvalue weighted by atomic mass is 15.1. The lowest BCUT2D eigenvalue weighted by Crippen LogP contribution is -2.39. The van der Waals surface area contributed by atoms with E-state index in [1.807, 2.05) is 0 Å². The van der Waals surface area contributed by atoms with Crippen LogP contribution in [0.4, 0.5) is 0 Å². The second-order valence-corrected chi connectivity index (χ2v) is 5.78. The molecule has 0 aliphatic carbocycles. The van der Waals surface area contributed by atoms with E-state index < -0.39 is 0 Å². The third-order valence-corrected chi connectivity index (χ3v) is 3.74. The summed E-state index contributed by atoms with van der Waals surface area (Å²) in [5, 5.41) is 3.72. The maximum Gasteiger partial charge on any atom is 0.00875 e. The lowest BCUT2D eigenvalue weighted by atomic mass is 10.0. The second kappa shape index (κ2) is 7.29. The summed E-state index contributed by atoms with van der Waals surface area (Å²) in [6, 6.07) is 0.695. The van der Waals surface area contributed by atoms with E-state index in [2.05, 4.69) is 37.9 Å². The van der Waals surface area contributed by atoms with Crippen molar-refractivity contribution in [1.82, 2.24) is 10.2 Å². The van der Waals surface area contributed by atoms with E-state index in [4.69, 9.17) is 0 Å². The minimum atomic E-state index is 0.695. The summed E-state index contributed by atoms with van der Waals surface area (Å²) >= 11 is 0. The molecule has 2 unspecified atom stereocenters. The van der Waals surface area contributed by atoms with Crippen molar-refractivity contribution in [3.63, 3.8) is 0 Å². The normalized spacial score (nSPS) is 21.6. The molecule has 0 radical (unpaired) electrons. The maximum absolute atomic E-state index is 3.72. The van der Waals surface area contributed by atoms with Crippen molar-refractivity contribution in [3.8, 4) is 0 Å². The van der Waals surface area contributed by atoms with Crippen molar-refractivity contribution >= 4 is 0 Å². The molecule has 1 heterocycles. The van der Waals surface area contributed by atoms with Gasteiger partial charge in [-0.1, -0.05) is 27.7 Å². The third kappa shape index (κ3) is 4.84. The van der Waals surface area contributed by atoms with Gasteiger partial charge in [0.05, 0.1) is 0 Å². The molecule has 1 aliphatic heterocycles. The Hall–Kier alpha value is -0.0800. The van der Waals surface area contributed by atoms with Gasteiger partial charge in [-0.15, -0.1) is 0 Å². The van der Waals surface area contributed by atoms with Crippen LogP contribution in [0.25, 0.3) is 0 Å². The van der Waals surface area contributed by atoms with Gasteiger partial charge in [-0.2, -0.15) is 0 Å². The molecule has 0 aromatic carbocycles. The SMILES string of the molecule is CCC(NCC(C)CN1CCCC1)C(C)C. The van der Waals surface area contributed by atoms with Crippen LogP contribution in [-0.4, -0.2) is 37.1 Å². The number of rotatable bonds is 7. The molecule has 2 atom stereocenters. The first-order valence-corrected chi connectivity index (χ1v) is 7.09. The molecule has 1 N–H and O–H groups in total. The minimum absolute atomic E-state index is 0.695. The Morgan fingerprint density at radius 2 is 1.75 bits per heavy atom. The molecule has 2 nitrogen and oxygen atoms in total. The van der Waals surface area contributed by atoms with Gasteiger partial charge in [0.2, 0.25) is 0 Å². The average molecular weight is 226 g/mol. The van der Waals surface area contributed by atoms with Crippen LogP contribution in [-0.2, 0) is 0 Å². The molecular weight excluding hydrogens is 196 g/mol. The zero-order chi connectivity index (χ0) is 12.0. The topological polar surface area (TPSA) is 15.3 Å². The van der Waals surface area contributed by atoms with E-state index in [9.17, 15) is 0 Å². The largest absolute Gasteiger partial charge is 0.313 e. The van der Waals surface area contributed by atoms with Crippen molar-refractivity contribution in [2.75, 3.05) is 26.2 Å². The average Bonchev–Trinajstić information content (AvgIpc) is 2.70. The fraction of sp³-hybridized carbons (Fsp3) is 1.00. The van der Waals surface area contributed by atoms with Crippen LogP contribution in [0.15, 0.2) is 0 Å². The van der Waals surface area contributed by atoms with E-state index in [0.29, 0.717) is 6.04 Å². The first-order valence-electron chi connectivity index (χ1n) is 7.09. The number of hydrogen-bond acceptors (Lipinski definition) is 2. The van der Waals surface area contributed by atoms with Gasteiger partial charge in [0.25, 0.3) is 0 Å². The number of nitrogens with zero attached hydrogens (tertiary/aromatic N) is 1. The summed E-state index contributed by atoms with van der Waals surface area (Å²) in [5.74, 6) is 1.54. The third-order valence-electron chi connectivity index (χ3n) is 3.74. The Bertz CT molecular complexity index is 174. The summed E-state index contributed by atoms with van der Waals surface area (Å²) < 4.78 is 0. The van der Waals surface area contributed by atoms with Crippen LogP contribution in [0.2, 0.25) is 0 Å². The van der Waals surface area contributed by atoms with Crippen LogP contribution in [0.1, 0.15) is 47.0 Å². The quantitative estimate of drug-likeness (QED) is 0.718. The zero-order valence-electron chi connectivity index (χ0n) is 11.6.